The first kappa shape index (κ1) is 15.8. The molecule has 3 rings (SSSR count). The third-order valence-electron chi connectivity index (χ3n) is 3.04. The molecule has 0 saturated carbocycles. The van der Waals surface area contributed by atoms with Gasteiger partial charge in [-0.1, -0.05) is 18.2 Å². The summed E-state index contributed by atoms with van der Waals surface area (Å²) in [4.78, 5) is 31.7. The van der Waals surface area contributed by atoms with Gasteiger partial charge < -0.3 is 4.74 Å². The van der Waals surface area contributed by atoms with Crippen molar-refractivity contribution in [2.75, 3.05) is 5.32 Å². The number of hydrogen-bond acceptors (Lipinski definition) is 6. The van der Waals surface area contributed by atoms with Crippen molar-refractivity contribution in [3.8, 4) is 17.0 Å². The van der Waals surface area contributed by atoms with E-state index < -0.39 is 5.97 Å². The topological polar surface area (TPSA) is 81.2 Å². The van der Waals surface area contributed by atoms with Crippen molar-refractivity contribution in [2.24, 2.45) is 0 Å². The SMILES string of the molecule is CC(=O)Oc1ccccc1-c1csc(NC(=O)c2ccccn2)n1. The van der Waals surface area contributed by atoms with Gasteiger partial charge in [-0.25, -0.2) is 4.98 Å². The van der Waals surface area contributed by atoms with Gasteiger partial charge in [-0.15, -0.1) is 11.3 Å². The van der Waals surface area contributed by atoms with Gasteiger partial charge in [-0.05, 0) is 24.3 Å². The molecule has 1 N–H and O–H groups in total. The lowest BCUT2D eigenvalue weighted by molar-refractivity contribution is -0.131. The van der Waals surface area contributed by atoms with Gasteiger partial charge in [0.15, 0.2) is 5.13 Å². The smallest absolute Gasteiger partial charge is 0.308 e. The maximum absolute atomic E-state index is 12.1. The second kappa shape index (κ2) is 7.01. The molecule has 120 valence electrons. The first-order valence-electron chi connectivity index (χ1n) is 7.09. The van der Waals surface area contributed by atoms with Gasteiger partial charge >= 0.3 is 5.97 Å². The van der Waals surface area contributed by atoms with E-state index in [4.69, 9.17) is 4.74 Å². The summed E-state index contributed by atoms with van der Waals surface area (Å²) in [7, 11) is 0. The molecule has 6 nitrogen and oxygen atoms in total. The number of carbonyl (C=O) groups is 2. The maximum atomic E-state index is 12.1. The number of para-hydroxylation sites is 1. The molecule has 1 aromatic carbocycles. The molecule has 0 atom stereocenters. The fraction of sp³-hybridized carbons (Fsp3) is 0.0588. The molecule has 2 heterocycles. The van der Waals surface area contributed by atoms with Crippen LogP contribution in [-0.4, -0.2) is 21.8 Å². The van der Waals surface area contributed by atoms with Crippen LogP contribution >= 0.6 is 11.3 Å². The third kappa shape index (κ3) is 3.64. The van der Waals surface area contributed by atoms with Crippen molar-refractivity contribution in [3.63, 3.8) is 0 Å². The van der Waals surface area contributed by atoms with Crippen molar-refractivity contribution >= 4 is 28.3 Å². The Balaban J connectivity index is 1.81. The molecule has 7 heteroatoms. The number of rotatable bonds is 4. The number of aromatic nitrogens is 2. The average molecular weight is 339 g/mol. The second-order valence-electron chi connectivity index (χ2n) is 4.80. The predicted octanol–water partition coefficient (Wildman–Crippen LogP) is 3.38. The van der Waals surface area contributed by atoms with E-state index >= 15 is 0 Å². The number of anilines is 1. The van der Waals surface area contributed by atoms with Crippen molar-refractivity contribution in [1.82, 2.24) is 9.97 Å². The van der Waals surface area contributed by atoms with Crippen LogP contribution in [0.25, 0.3) is 11.3 Å². The summed E-state index contributed by atoms with van der Waals surface area (Å²) in [6, 6.07) is 12.2. The van der Waals surface area contributed by atoms with Gasteiger partial charge in [-0.3, -0.25) is 19.9 Å². The Hall–Kier alpha value is -3.06. The number of nitrogens with one attached hydrogen (secondary N) is 1. The standard InChI is InChI=1S/C17H13N3O3S/c1-11(21)23-15-8-3-2-6-12(15)14-10-24-17(19-14)20-16(22)13-7-4-5-9-18-13/h2-10H,1H3,(H,19,20,22). The summed E-state index contributed by atoms with van der Waals surface area (Å²) in [5, 5.41) is 4.94. The van der Waals surface area contributed by atoms with Crippen LogP contribution in [0.2, 0.25) is 0 Å². The van der Waals surface area contributed by atoms with Crippen LogP contribution in [0.3, 0.4) is 0 Å². The van der Waals surface area contributed by atoms with E-state index in [1.54, 1.807) is 48.0 Å². The van der Waals surface area contributed by atoms with Crippen LogP contribution in [0.4, 0.5) is 5.13 Å². The lowest BCUT2D eigenvalue weighted by Gasteiger charge is -2.06. The molecular formula is C17H13N3O3S. The second-order valence-corrected chi connectivity index (χ2v) is 5.65. The van der Waals surface area contributed by atoms with E-state index in [1.165, 1.54) is 18.3 Å². The number of nitrogens with zero attached hydrogens (tertiary/aromatic N) is 2. The van der Waals surface area contributed by atoms with Crippen molar-refractivity contribution in [1.29, 1.82) is 0 Å². The molecule has 1 amide bonds. The number of esters is 1. The van der Waals surface area contributed by atoms with E-state index in [0.29, 0.717) is 27.8 Å². The zero-order chi connectivity index (χ0) is 16.9. The van der Waals surface area contributed by atoms with Crippen LogP contribution in [0, 0.1) is 0 Å². The van der Waals surface area contributed by atoms with Crippen molar-refractivity contribution < 1.29 is 14.3 Å². The highest BCUT2D eigenvalue weighted by molar-refractivity contribution is 7.14. The van der Waals surface area contributed by atoms with Gasteiger partial charge in [0, 0.05) is 24.1 Å². The molecule has 0 bridgehead atoms. The molecule has 0 aliphatic carbocycles. The van der Waals surface area contributed by atoms with E-state index in [2.05, 4.69) is 15.3 Å². The molecule has 24 heavy (non-hydrogen) atoms. The van der Waals surface area contributed by atoms with Crippen LogP contribution in [0.1, 0.15) is 17.4 Å². The molecule has 0 unspecified atom stereocenters. The molecule has 2 aromatic heterocycles. The molecular weight excluding hydrogens is 326 g/mol. The maximum Gasteiger partial charge on any atom is 0.308 e. The number of pyridine rings is 1. The molecule has 0 radical (unpaired) electrons. The van der Waals surface area contributed by atoms with Gasteiger partial charge in [0.2, 0.25) is 0 Å². The number of benzene rings is 1. The monoisotopic (exact) mass is 339 g/mol. The Kier molecular flexibility index (Phi) is 4.62. The highest BCUT2D eigenvalue weighted by Crippen LogP contribution is 2.32. The summed E-state index contributed by atoms with van der Waals surface area (Å²) in [6.07, 6.45) is 1.55. The average Bonchev–Trinajstić information content (AvgIpc) is 3.04. The number of ether oxygens (including phenoxy) is 1. The van der Waals surface area contributed by atoms with E-state index in [9.17, 15) is 9.59 Å². The lowest BCUT2D eigenvalue weighted by atomic mass is 10.1. The highest BCUT2D eigenvalue weighted by Gasteiger charge is 2.13. The highest BCUT2D eigenvalue weighted by atomic mass is 32.1. The number of amides is 1. The Morgan fingerprint density at radius 3 is 2.67 bits per heavy atom. The van der Waals surface area contributed by atoms with Crippen LogP contribution in [0.15, 0.2) is 54.0 Å². The normalized spacial score (nSPS) is 10.2. The fourth-order valence-electron chi connectivity index (χ4n) is 2.04. The number of hydrogen-bond donors (Lipinski definition) is 1. The van der Waals surface area contributed by atoms with E-state index in [0.717, 1.165) is 0 Å². The zero-order valence-electron chi connectivity index (χ0n) is 12.7. The summed E-state index contributed by atoms with van der Waals surface area (Å²) in [6.45, 7) is 1.34. The lowest BCUT2D eigenvalue weighted by Crippen LogP contribution is -2.13. The Morgan fingerprint density at radius 2 is 1.92 bits per heavy atom. The first-order chi connectivity index (χ1) is 11.6. The first-order valence-corrected chi connectivity index (χ1v) is 7.97. The van der Waals surface area contributed by atoms with Gasteiger partial charge in [0.25, 0.3) is 5.91 Å². The van der Waals surface area contributed by atoms with Crippen molar-refractivity contribution in [3.05, 3.63) is 59.7 Å². The Morgan fingerprint density at radius 1 is 1.12 bits per heavy atom. The van der Waals surface area contributed by atoms with E-state index in [1.807, 2.05) is 6.07 Å². The predicted molar refractivity (Wildman–Crippen MR) is 91.0 cm³/mol. The van der Waals surface area contributed by atoms with Crippen molar-refractivity contribution in [2.45, 2.75) is 6.92 Å². The molecule has 0 aliphatic heterocycles. The third-order valence-corrected chi connectivity index (χ3v) is 3.80. The molecule has 0 spiro atoms. The van der Waals surface area contributed by atoms with E-state index in [-0.39, 0.29) is 5.91 Å². The van der Waals surface area contributed by atoms with Crippen LogP contribution in [-0.2, 0) is 4.79 Å². The minimum atomic E-state index is -0.402. The Bertz CT molecular complexity index is 878. The molecule has 0 fully saturated rings. The van der Waals surface area contributed by atoms with Gasteiger partial charge in [0.05, 0.1) is 5.69 Å². The largest absolute Gasteiger partial charge is 0.426 e. The van der Waals surface area contributed by atoms with Gasteiger partial charge in [-0.2, -0.15) is 0 Å². The summed E-state index contributed by atoms with van der Waals surface area (Å²) >= 11 is 1.28. The Labute approximate surface area is 142 Å². The zero-order valence-corrected chi connectivity index (χ0v) is 13.5. The van der Waals surface area contributed by atoms with Crippen LogP contribution < -0.4 is 10.1 Å². The minimum Gasteiger partial charge on any atom is -0.426 e. The minimum absolute atomic E-state index is 0.314. The van der Waals surface area contributed by atoms with Crippen LogP contribution in [0.5, 0.6) is 5.75 Å². The fourth-order valence-corrected chi connectivity index (χ4v) is 2.74. The van der Waals surface area contributed by atoms with Gasteiger partial charge in [0.1, 0.15) is 11.4 Å². The number of carbonyl (C=O) groups excluding carboxylic acids is 2. The number of thiazole rings is 1. The molecule has 0 aliphatic rings. The molecule has 0 saturated heterocycles. The summed E-state index contributed by atoms with van der Waals surface area (Å²) in [5.41, 5.74) is 1.62. The summed E-state index contributed by atoms with van der Waals surface area (Å²) < 4.78 is 5.19. The summed E-state index contributed by atoms with van der Waals surface area (Å²) in [5.74, 6) is -0.302. The quantitative estimate of drug-likeness (QED) is 0.582. The molecule has 3 aromatic rings.